The standard InChI is InChI=1S/C24H21F9N6O4/c1-2-22(42,24(31,32)33)20(41)38-7-13(25)14(8-38)37-19(40)11-5-10(3-4-16(11)43-21(26)27)15-6-12(23(28,29)30)17-18(34)35-9-36-39(15)17/h3-6,9,13-14,21,42H,2,7-8H2,1H3,(H,37,40)(H2,34,35,36)/t13-,14+,22?/m0/s1. The van der Waals surface area contributed by atoms with Crippen LogP contribution in [0.15, 0.2) is 30.6 Å². The molecule has 3 heterocycles. The van der Waals surface area contributed by atoms with Crippen LogP contribution in [-0.4, -0.2) is 80.1 Å². The zero-order valence-corrected chi connectivity index (χ0v) is 21.7. The number of nitrogen functional groups attached to an aromatic ring is 1. The molecule has 1 unspecified atom stereocenters. The highest BCUT2D eigenvalue weighted by atomic mass is 19.4. The number of amides is 2. The van der Waals surface area contributed by atoms with Crippen molar-refractivity contribution in [2.24, 2.45) is 0 Å². The van der Waals surface area contributed by atoms with E-state index < -0.39 is 96.3 Å². The Bertz CT molecular complexity index is 1540. The van der Waals surface area contributed by atoms with Crippen molar-refractivity contribution in [3.8, 4) is 17.0 Å². The molecule has 1 fully saturated rings. The highest BCUT2D eigenvalue weighted by Gasteiger charge is 2.60. The molecule has 4 rings (SSSR count). The normalized spacial score (nSPS) is 19.1. The van der Waals surface area contributed by atoms with Gasteiger partial charge in [-0.2, -0.15) is 40.2 Å². The van der Waals surface area contributed by atoms with Crippen molar-refractivity contribution in [1.29, 1.82) is 0 Å². The van der Waals surface area contributed by atoms with E-state index in [9.17, 15) is 54.2 Å². The number of rotatable bonds is 7. The molecule has 3 atom stereocenters. The number of aromatic nitrogens is 3. The summed E-state index contributed by atoms with van der Waals surface area (Å²) in [6, 6.07) is 1.67. The molecular formula is C24H21F9N6O4. The van der Waals surface area contributed by atoms with Gasteiger partial charge in [0, 0.05) is 12.1 Å². The van der Waals surface area contributed by atoms with E-state index in [4.69, 9.17) is 5.73 Å². The van der Waals surface area contributed by atoms with Crippen LogP contribution in [0.4, 0.5) is 45.3 Å². The second kappa shape index (κ2) is 11.1. The fraction of sp³-hybridized carbons (Fsp3) is 0.417. The Labute approximate surface area is 235 Å². The van der Waals surface area contributed by atoms with Crippen LogP contribution in [0.1, 0.15) is 29.3 Å². The van der Waals surface area contributed by atoms with Crippen LogP contribution in [0.5, 0.6) is 5.75 Å². The Morgan fingerprint density at radius 1 is 1.16 bits per heavy atom. The van der Waals surface area contributed by atoms with Gasteiger partial charge >= 0.3 is 19.0 Å². The molecule has 0 saturated carbocycles. The number of ether oxygens (including phenoxy) is 1. The molecule has 0 radical (unpaired) electrons. The minimum absolute atomic E-state index is 0.187. The topological polar surface area (TPSA) is 135 Å². The molecule has 19 heteroatoms. The third-order valence-electron chi connectivity index (χ3n) is 6.81. The first kappa shape index (κ1) is 31.6. The third kappa shape index (κ3) is 5.84. The monoisotopic (exact) mass is 628 g/mol. The first-order chi connectivity index (χ1) is 19.9. The van der Waals surface area contributed by atoms with Crippen LogP contribution >= 0.6 is 0 Å². The Balaban J connectivity index is 1.69. The van der Waals surface area contributed by atoms with Crippen LogP contribution in [-0.2, 0) is 11.0 Å². The molecule has 3 aromatic rings. The summed E-state index contributed by atoms with van der Waals surface area (Å²) in [6.45, 7) is -4.36. The molecular weight excluding hydrogens is 607 g/mol. The summed E-state index contributed by atoms with van der Waals surface area (Å²) in [5.74, 6) is -4.49. The number of halogens is 9. The summed E-state index contributed by atoms with van der Waals surface area (Å²) < 4.78 is 127. The molecule has 1 saturated heterocycles. The van der Waals surface area contributed by atoms with Gasteiger partial charge in [-0.3, -0.25) is 9.59 Å². The number of nitrogens with two attached hydrogens (primary N) is 1. The fourth-order valence-corrected chi connectivity index (χ4v) is 4.60. The molecule has 234 valence electrons. The summed E-state index contributed by atoms with van der Waals surface area (Å²) in [4.78, 5) is 29.5. The van der Waals surface area contributed by atoms with Gasteiger partial charge in [-0.25, -0.2) is 13.9 Å². The maximum Gasteiger partial charge on any atom is 0.426 e. The van der Waals surface area contributed by atoms with Gasteiger partial charge in [-0.05, 0) is 30.7 Å². The summed E-state index contributed by atoms with van der Waals surface area (Å²) in [5, 5.41) is 15.7. The van der Waals surface area contributed by atoms with Crippen LogP contribution in [0.3, 0.4) is 0 Å². The largest absolute Gasteiger partial charge is 0.434 e. The minimum Gasteiger partial charge on any atom is -0.434 e. The molecule has 2 amide bonds. The number of nitrogens with one attached hydrogen (secondary N) is 1. The third-order valence-corrected chi connectivity index (χ3v) is 6.81. The molecule has 0 aliphatic carbocycles. The highest BCUT2D eigenvalue weighted by Crippen LogP contribution is 2.40. The summed E-state index contributed by atoms with van der Waals surface area (Å²) >= 11 is 0. The van der Waals surface area contributed by atoms with E-state index in [-0.39, 0.29) is 11.3 Å². The summed E-state index contributed by atoms with van der Waals surface area (Å²) in [6.07, 6.45) is -12.7. The molecule has 1 aliphatic heterocycles. The molecule has 0 spiro atoms. The maximum atomic E-state index is 14.8. The molecule has 4 N–H and O–H groups in total. The number of nitrogens with zero attached hydrogens (tertiary/aromatic N) is 4. The SMILES string of the molecule is CCC(O)(C(=O)N1C[C@H](F)[C@H](NC(=O)c2cc(-c3cc(C(F)(F)F)c4c(N)ncnn34)ccc2OC(F)F)C1)C(F)(F)F. The second-order valence-corrected chi connectivity index (χ2v) is 9.45. The summed E-state index contributed by atoms with van der Waals surface area (Å²) in [5.41, 5.74) is -1.30. The number of benzene rings is 1. The summed E-state index contributed by atoms with van der Waals surface area (Å²) in [7, 11) is 0. The zero-order valence-electron chi connectivity index (χ0n) is 21.7. The van der Waals surface area contributed by atoms with E-state index in [0.717, 1.165) is 36.0 Å². The van der Waals surface area contributed by atoms with Crippen LogP contribution in [0, 0.1) is 0 Å². The predicted octanol–water partition coefficient (Wildman–Crippen LogP) is 3.58. The molecule has 43 heavy (non-hydrogen) atoms. The lowest BCUT2D eigenvalue weighted by molar-refractivity contribution is -0.256. The Morgan fingerprint density at radius 2 is 1.84 bits per heavy atom. The zero-order chi connectivity index (χ0) is 32.1. The lowest BCUT2D eigenvalue weighted by Gasteiger charge is -2.31. The van der Waals surface area contributed by atoms with Crippen LogP contribution in [0.2, 0.25) is 0 Å². The van der Waals surface area contributed by atoms with Gasteiger partial charge in [0.25, 0.3) is 11.8 Å². The molecule has 1 aliphatic rings. The van der Waals surface area contributed by atoms with Crippen molar-refractivity contribution < 1.29 is 58.9 Å². The van der Waals surface area contributed by atoms with Gasteiger partial charge in [-0.1, -0.05) is 6.92 Å². The van der Waals surface area contributed by atoms with Crippen molar-refractivity contribution in [2.45, 2.75) is 50.1 Å². The number of carbonyl (C=O) groups is 2. The van der Waals surface area contributed by atoms with Gasteiger partial charge in [0.2, 0.25) is 5.60 Å². The first-order valence-corrected chi connectivity index (χ1v) is 12.2. The number of aliphatic hydroxyl groups is 1. The van der Waals surface area contributed by atoms with E-state index in [1.807, 2.05) is 0 Å². The number of carbonyl (C=O) groups excluding carboxylic acids is 2. The van der Waals surface area contributed by atoms with Gasteiger partial charge in [-0.15, -0.1) is 0 Å². The Hall–Kier alpha value is -4.29. The van der Waals surface area contributed by atoms with Crippen molar-refractivity contribution in [3.05, 3.63) is 41.7 Å². The van der Waals surface area contributed by atoms with Crippen molar-refractivity contribution >= 4 is 23.1 Å². The van der Waals surface area contributed by atoms with Crippen LogP contribution < -0.4 is 15.8 Å². The number of anilines is 1. The molecule has 2 aromatic heterocycles. The number of likely N-dealkylation sites (tertiary alicyclic amines) is 1. The average Bonchev–Trinajstić information content (AvgIpc) is 3.48. The Kier molecular flexibility index (Phi) is 8.16. The highest BCUT2D eigenvalue weighted by molar-refractivity contribution is 5.98. The van der Waals surface area contributed by atoms with E-state index >= 15 is 0 Å². The van der Waals surface area contributed by atoms with Gasteiger partial charge in [0.05, 0.1) is 29.4 Å². The van der Waals surface area contributed by atoms with Gasteiger partial charge in [0.15, 0.2) is 5.82 Å². The number of hydrogen-bond acceptors (Lipinski definition) is 7. The number of hydrogen-bond donors (Lipinski definition) is 3. The van der Waals surface area contributed by atoms with E-state index in [0.29, 0.717) is 11.0 Å². The van der Waals surface area contributed by atoms with E-state index in [2.05, 4.69) is 20.1 Å². The van der Waals surface area contributed by atoms with Crippen molar-refractivity contribution in [1.82, 2.24) is 24.8 Å². The number of alkyl halides is 9. The van der Waals surface area contributed by atoms with Gasteiger partial charge < -0.3 is 25.8 Å². The van der Waals surface area contributed by atoms with Gasteiger partial charge in [0.1, 0.15) is 23.8 Å². The fourth-order valence-electron chi connectivity index (χ4n) is 4.60. The molecule has 0 bridgehead atoms. The molecule has 10 nitrogen and oxygen atoms in total. The first-order valence-electron chi connectivity index (χ1n) is 12.2. The number of fused-ring (bicyclic) bond motifs is 1. The molecule has 1 aromatic carbocycles. The maximum absolute atomic E-state index is 14.8. The minimum atomic E-state index is -5.39. The van der Waals surface area contributed by atoms with Crippen molar-refractivity contribution in [3.63, 3.8) is 0 Å². The lowest BCUT2D eigenvalue weighted by atomic mass is 9.98. The van der Waals surface area contributed by atoms with E-state index in [1.165, 1.54) is 0 Å². The van der Waals surface area contributed by atoms with E-state index in [1.54, 1.807) is 0 Å². The Morgan fingerprint density at radius 3 is 2.42 bits per heavy atom. The van der Waals surface area contributed by atoms with Crippen LogP contribution in [0.25, 0.3) is 16.8 Å². The smallest absolute Gasteiger partial charge is 0.426 e. The average molecular weight is 628 g/mol. The van der Waals surface area contributed by atoms with Crippen molar-refractivity contribution in [2.75, 3.05) is 18.8 Å². The predicted molar refractivity (Wildman–Crippen MR) is 128 cm³/mol. The second-order valence-electron chi connectivity index (χ2n) is 9.45. The quantitative estimate of drug-likeness (QED) is 0.341. The lowest BCUT2D eigenvalue weighted by Crippen LogP contribution is -2.57.